The van der Waals surface area contributed by atoms with Crippen LogP contribution in [0.15, 0.2) is 6.07 Å². The van der Waals surface area contributed by atoms with E-state index in [1.54, 1.807) is 0 Å². The van der Waals surface area contributed by atoms with Crippen molar-refractivity contribution in [2.45, 2.75) is 19.5 Å². The zero-order chi connectivity index (χ0) is 17.1. The highest BCUT2D eigenvalue weighted by Crippen LogP contribution is 2.34. The Hall–Kier alpha value is -2.19. The number of rotatable bonds is 5. The minimum Gasteiger partial charge on any atom is -0.463 e. The van der Waals surface area contributed by atoms with E-state index in [9.17, 15) is 31.5 Å². The van der Waals surface area contributed by atoms with Gasteiger partial charge in [-0.25, -0.2) is 31.5 Å². The van der Waals surface area contributed by atoms with Gasteiger partial charge in [-0.05, 0) is 19.9 Å². The number of benzene rings is 1. The summed E-state index contributed by atoms with van der Waals surface area (Å²) in [4.78, 5) is 23.3. The van der Waals surface area contributed by atoms with E-state index in [1.165, 1.54) is 13.8 Å². The van der Waals surface area contributed by atoms with Crippen LogP contribution in [0, 0.1) is 23.3 Å². The standard InChI is InChI=1S/C13H11F5O4/c1-3-21-11(19)13(18,12(20)22-4-2)6-5-7(14)9(16)10(17)8(6)15/h5H,3-4H2,1-2H3. The number of carbonyl (C=O) groups is 2. The molecule has 1 aromatic rings. The van der Waals surface area contributed by atoms with E-state index in [-0.39, 0.29) is 6.07 Å². The Labute approximate surface area is 121 Å². The van der Waals surface area contributed by atoms with Gasteiger partial charge in [0.25, 0.3) is 0 Å². The molecule has 0 heterocycles. The summed E-state index contributed by atoms with van der Waals surface area (Å²) in [6.07, 6.45) is 0. The third kappa shape index (κ3) is 2.88. The number of ether oxygens (including phenoxy) is 2. The molecule has 0 radical (unpaired) electrons. The minimum atomic E-state index is -3.97. The van der Waals surface area contributed by atoms with Crippen molar-refractivity contribution < 1.29 is 41.0 Å². The summed E-state index contributed by atoms with van der Waals surface area (Å²) in [6.45, 7) is 1.70. The van der Waals surface area contributed by atoms with Gasteiger partial charge in [0, 0.05) is 0 Å². The van der Waals surface area contributed by atoms with Crippen LogP contribution in [-0.4, -0.2) is 25.2 Å². The van der Waals surface area contributed by atoms with E-state index in [2.05, 4.69) is 9.47 Å². The first-order valence-corrected chi connectivity index (χ1v) is 6.08. The number of carbonyl (C=O) groups excluding carboxylic acids is 2. The van der Waals surface area contributed by atoms with Crippen molar-refractivity contribution in [2.75, 3.05) is 13.2 Å². The largest absolute Gasteiger partial charge is 0.463 e. The molecule has 0 bridgehead atoms. The number of hydrogen-bond acceptors (Lipinski definition) is 4. The van der Waals surface area contributed by atoms with Crippen LogP contribution in [0.1, 0.15) is 19.4 Å². The normalized spacial score (nSPS) is 11.2. The van der Waals surface area contributed by atoms with E-state index in [0.29, 0.717) is 0 Å². The summed E-state index contributed by atoms with van der Waals surface area (Å²) in [5.41, 5.74) is -5.63. The first-order valence-electron chi connectivity index (χ1n) is 6.08. The van der Waals surface area contributed by atoms with Crippen molar-refractivity contribution in [1.82, 2.24) is 0 Å². The summed E-state index contributed by atoms with van der Waals surface area (Å²) in [5, 5.41) is 0. The molecule has 0 spiro atoms. The second-order valence-electron chi connectivity index (χ2n) is 3.95. The third-order valence-corrected chi connectivity index (χ3v) is 2.59. The second-order valence-corrected chi connectivity index (χ2v) is 3.95. The average Bonchev–Trinajstić information content (AvgIpc) is 2.48. The number of halogens is 5. The van der Waals surface area contributed by atoms with Crippen LogP contribution in [0.4, 0.5) is 22.0 Å². The van der Waals surface area contributed by atoms with Gasteiger partial charge in [-0.2, -0.15) is 0 Å². The molecule has 0 fully saturated rings. The molecule has 1 rings (SSSR count). The summed E-state index contributed by atoms with van der Waals surface area (Å²) in [6, 6.07) is -0.137. The maximum Gasteiger partial charge on any atom is 0.360 e. The van der Waals surface area contributed by atoms with Crippen molar-refractivity contribution >= 4 is 11.9 Å². The maximum absolute atomic E-state index is 14.8. The molecule has 0 aromatic heterocycles. The van der Waals surface area contributed by atoms with Gasteiger partial charge in [0.05, 0.1) is 18.8 Å². The monoisotopic (exact) mass is 326 g/mol. The van der Waals surface area contributed by atoms with Gasteiger partial charge in [-0.15, -0.1) is 0 Å². The molecule has 0 N–H and O–H groups in total. The molecule has 122 valence electrons. The number of esters is 2. The molecule has 0 atom stereocenters. The topological polar surface area (TPSA) is 52.6 Å². The molecular weight excluding hydrogens is 315 g/mol. The van der Waals surface area contributed by atoms with E-state index in [4.69, 9.17) is 0 Å². The molecule has 4 nitrogen and oxygen atoms in total. The highest BCUT2D eigenvalue weighted by molar-refractivity contribution is 6.04. The third-order valence-electron chi connectivity index (χ3n) is 2.59. The lowest BCUT2D eigenvalue weighted by atomic mass is 9.94. The molecular formula is C13H11F5O4. The summed E-state index contributed by atoms with van der Waals surface area (Å²) < 4.78 is 76.4. The van der Waals surface area contributed by atoms with Gasteiger partial charge in [-0.3, -0.25) is 0 Å². The first kappa shape index (κ1) is 17.9. The van der Waals surface area contributed by atoms with Crippen LogP contribution in [0.25, 0.3) is 0 Å². The van der Waals surface area contributed by atoms with Crippen molar-refractivity contribution in [1.29, 1.82) is 0 Å². The van der Waals surface area contributed by atoms with Gasteiger partial charge in [-0.1, -0.05) is 0 Å². The molecule has 9 heteroatoms. The second kappa shape index (κ2) is 6.71. The van der Waals surface area contributed by atoms with Gasteiger partial charge >= 0.3 is 17.6 Å². The SMILES string of the molecule is CCOC(=O)C(F)(C(=O)OCC)c1cc(F)c(F)c(F)c1F. The number of alkyl halides is 1. The molecule has 0 amide bonds. The predicted molar refractivity (Wildman–Crippen MR) is 62.3 cm³/mol. The van der Waals surface area contributed by atoms with Crippen LogP contribution in [0.2, 0.25) is 0 Å². The molecule has 0 unspecified atom stereocenters. The van der Waals surface area contributed by atoms with Crippen molar-refractivity contribution in [3.8, 4) is 0 Å². The molecule has 0 aliphatic carbocycles. The Balaban J connectivity index is 3.59. The Morgan fingerprint density at radius 1 is 0.955 bits per heavy atom. The van der Waals surface area contributed by atoms with Crippen molar-refractivity contribution in [3.63, 3.8) is 0 Å². The zero-order valence-corrected chi connectivity index (χ0v) is 11.5. The predicted octanol–water partition coefficient (Wildman–Crippen LogP) is 2.53. The summed E-state index contributed by atoms with van der Waals surface area (Å²) >= 11 is 0. The van der Waals surface area contributed by atoms with E-state index in [1.807, 2.05) is 0 Å². The van der Waals surface area contributed by atoms with Crippen LogP contribution in [0.5, 0.6) is 0 Å². The van der Waals surface area contributed by atoms with E-state index in [0.717, 1.165) is 0 Å². The first-order chi connectivity index (χ1) is 10.2. The highest BCUT2D eigenvalue weighted by atomic mass is 19.2. The van der Waals surface area contributed by atoms with Crippen LogP contribution >= 0.6 is 0 Å². The Kier molecular flexibility index (Phi) is 5.45. The van der Waals surface area contributed by atoms with E-state index >= 15 is 0 Å². The van der Waals surface area contributed by atoms with Gasteiger partial charge < -0.3 is 9.47 Å². The van der Waals surface area contributed by atoms with Gasteiger partial charge in [0.1, 0.15) is 0 Å². The fourth-order valence-corrected chi connectivity index (χ4v) is 1.59. The van der Waals surface area contributed by atoms with Gasteiger partial charge in [0.2, 0.25) is 0 Å². The van der Waals surface area contributed by atoms with Gasteiger partial charge in [0.15, 0.2) is 23.3 Å². The maximum atomic E-state index is 14.8. The summed E-state index contributed by atoms with van der Waals surface area (Å²) in [5.74, 6) is -12.7. The Bertz CT molecular complexity index is 585. The van der Waals surface area contributed by atoms with E-state index < -0.39 is 59.7 Å². The highest BCUT2D eigenvalue weighted by Gasteiger charge is 2.54. The lowest BCUT2D eigenvalue weighted by molar-refractivity contribution is -0.175. The molecule has 0 aliphatic rings. The lowest BCUT2D eigenvalue weighted by Gasteiger charge is -2.22. The minimum absolute atomic E-state index is 0.137. The molecule has 0 saturated heterocycles. The van der Waals surface area contributed by atoms with Crippen LogP contribution < -0.4 is 0 Å². The van der Waals surface area contributed by atoms with Crippen LogP contribution in [-0.2, 0) is 24.7 Å². The molecule has 0 aliphatic heterocycles. The Morgan fingerprint density at radius 2 is 1.41 bits per heavy atom. The fourth-order valence-electron chi connectivity index (χ4n) is 1.59. The molecule has 22 heavy (non-hydrogen) atoms. The van der Waals surface area contributed by atoms with Crippen molar-refractivity contribution in [3.05, 3.63) is 34.9 Å². The zero-order valence-electron chi connectivity index (χ0n) is 11.5. The quantitative estimate of drug-likeness (QED) is 0.274. The summed E-state index contributed by atoms with van der Waals surface area (Å²) in [7, 11) is 0. The molecule has 1 aromatic carbocycles. The smallest absolute Gasteiger partial charge is 0.360 e. The lowest BCUT2D eigenvalue weighted by Crippen LogP contribution is -2.43. The fraction of sp³-hybridized carbons (Fsp3) is 0.385. The number of hydrogen-bond donors (Lipinski definition) is 0. The average molecular weight is 326 g/mol. The van der Waals surface area contributed by atoms with Crippen LogP contribution in [0.3, 0.4) is 0 Å². The molecule has 0 saturated carbocycles. The Morgan fingerprint density at radius 3 is 1.82 bits per heavy atom. The van der Waals surface area contributed by atoms with Crippen molar-refractivity contribution in [2.24, 2.45) is 0 Å².